The Bertz CT molecular complexity index is 118. The van der Waals surface area contributed by atoms with E-state index in [-0.39, 0.29) is 0 Å². The number of hydrogen-bond acceptors (Lipinski definition) is 0. The fourth-order valence-electron chi connectivity index (χ4n) is 1.59. The van der Waals surface area contributed by atoms with Gasteiger partial charge in [-0.2, -0.15) is 0 Å². The third kappa shape index (κ3) is 1.75. The van der Waals surface area contributed by atoms with Gasteiger partial charge in [0.15, 0.2) is 0 Å². The standard InChI is InChI=1S/C9H14/c1-3-9-6-4-5-8(2)7-9/h1,8-9H,4-7H2,2H3. The van der Waals surface area contributed by atoms with Gasteiger partial charge in [-0.25, -0.2) is 0 Å². The van der Waals surface area contributed by atoms with E-state index in [4.69, 9.17) is 6.42 Å². The van der Waals surface area contributed by atoms with Crippen LogP contribution in [-0.4, -0.2) is 0 Å². The highest BCUT2D eigenvalue weighted by molar-refractivity contribution is 4.94. The maximum absolute atomic E-state index is 5.32. The second kappa shape index (κ2) is 2.92. The molecule has 0 radical (unpaired) electrons. The summed E-state index contributed by atoms with van der Waals surface area (Å²) in [4.78, 5) is 0. The molecule has 1 saturated carbocycles. The Hall–Kier alpha value is -0.440. The van der Waals surface area contributed by atoms with Gasteiger partial charge in [-0.05, 0) is 18.8 Å². The van der Waals surface area contributed by atoms with Crippen molar-refractivity contribution in [2.75, 3.05) is 0 Å². The maximum Gasteiger partial charge on any atom is 0.0202 e. The van der Waals surface area contributed by atoms with Gasteiger partial charge in [0.1, 0.15) is 0 Å². The van der Waals surface area contributed by atoms with Crippen LogP contribution in [-0.2, 0) is 0 Å². The fraction of sp³-hybridized carbons (Fsp3) is 0.778. The Balaban J connectivity index is 2.34. The summed E-state index contributed by atoms with van der Waals surface area (Å²) < 4.78 is 0. The minimum atomic E-state index is 0.591. The van der Waals surface area contributed by atoms with Crippen LogP contribution in [0.25, 0.3) is 0 Å². The molecule has 1 rings (SSSR count). The summed E-state index contributed by atoms with van der Waals surface area (Å²) in [5.41, 5.74) is 0. The van der Waals surface area contributed by atoms with E-state index in [1.165, 1.54) is 25.7 Å². The molecule has 0 aromatic heterocycles. The van der Waals surface area contributed by atoms with Crippen molar-refractivity contribution in [3.63, 3.8) is 0 Å². The minimum absolute atomic E-state index is 0.591. The van der Waals surface area contributed by atoms with Crippen molar-refractivity contribution in [1.82, 2.24) is 0 Å². The lowest BCUT2D eigenvalue weighted by molar-refractivity contribution is 0.333. The molecule has 0 spiro atoms. The van der Waals surface area contributed by atoms with Gasteiger partial charge in [-0.3, -0.25) is 0 Å². The SMILES string of the molecule is C#CC1CCCC(C)C1. The molecule has 0 aromatic rings. The highest BCUT2D eigenvalue weighted by Gasteiger charge is 2.15. The van der Waals surface area contributed by atoms with E-state index in [1.54, 1.807) is 0 Å². The predicted octanol–water partition coefficient (Wildman–Crippen LogP) is 2.45. The Morgan fingerprint density at radius 3 is 2.67 bits per heavy atom. The predicted molar refractivity (Wildman–Crippen MR) is 40.0 cm³/mol. The van der Waals surface area contributed by atoms with Gasteiger partial charge in [-0.15, -0.1) is 12.3 Å². The first-order chi connectivity index (χ1) is 4.33. The van der Waals surface area contributed by atoms with Crippen LogP contribution < -0.4 is 0 Å². The van der Waals surface area contributed by atoms with Crippen molar-refractivity contribution in [2.45, 2.75) is 32.6 Å². The zero-order valence-electron chi connectivity index (χ0n) is 6.06. The second-order valence-corrected chi connectivity index (χ2v) is 3.14. The zero-order chi connectivity index (χ0) is 6.69. The fourth-order valence-corrected chi connectivity index (χ4v) is 1.59. The van der Waals surface area contributed by atoms with Crippen LogP contribution in [0.4, 0.5) is 0 Å². The largest absolute Gasteiger partial charge is 0.120 e. The van der Waals surface area contributed by atoms with Crippen molar-refractivity contribution >= 4 is 0 Å². The summed E-state index contributed by atoms with van der Waals surface area (Å²) in [7, 11) is 0. The normalized spacial score (nSPS) is 35.6. The van der Waals surface area contributed by atoms with Crippen LogP contribution in [0.5, 0.6) is 0 Å². The van der Waals surface area contributed by atoms with Crippen molar-refractivity contribution in [3.05, 3.63) is 0 Å². The maximum atomic E-state index is 5.32. The molecule has 1 aliphatic rings. The average molecular weight is 122 g/mol. The molecule has 50 valence electrons. The molecular weight excluding hydrogens is 108 g/mol. The Morgan fingerprint density at radius 2 is 2.22 bits per heavy atom. The molecule has 0 bridgehead atoms. The Kier molecular flexibility index (Phi) is 2.16. The molecular formula is C9H14. The highest BCUT2D eigenvalue weighted by Crippen LogP contribution is 2.27. The molecule has 0 aromatic carbocycles. The van der Waals surface area contributed by atoms with Gasteiger partial charge in [0.05, 0.1) is 0 Å². The lowest BCUT2D eigenvalue weighted by Crippen LogP contribution is -2.10. The Labute approximate surface area is 57.7 Å². The van der Waals surface area contributed by atoms with Crippen LogP contribution in [0.2, 0.25) is 0 Å². The summed E-state index contributed by atoms with van der Waals surface area (Å²) >= 11 is 0. The average Bonchev–Trinajstić information content (AvgIpc) is 1.88. The van der Waals surface area contributed by atoms with Crippen LogP contribution in [0, 0.1) is 24.2 Å². The summed E-state index contributed by atoms with van der Waals surface area (Å²) in [5, 5.41) is 0. The van der Waals surface area contributed by atoms with E-state index in [0.29, 0.717) is 5.92 Å². The molecule has 0 nitrogen and oxygen atoms in total. The topological polar surface area (TPSA) is 0 Å². The van der Waals surface area contributed by atoms with Crippen LogP contribution >= 0.6 is 0 Å². The molecule has 0 heterocycles. The lowest BCUT2D eigenvalue weighted by atomic mass is 9.83. The van der Waals surface area contributed by atoms with Crippen LogP contribution in [0.3, 0.4) is 0 Å². The molecule has 0 aliphatic heterocycles. The number of rotatable bonds is 0. The van der Waals surface area contributed by atoms with Crippen molar-refractivity contribution in [2.24, 2.45) is 11.8 Å². The van der Waals surface area contributed by atoms with Gasteiger partial charge in [0.2, 0.25) is 0 Å². The first-order valence-electron chi connectivity index (χ1n) is 3.79. The molecule has 1 aliphatic carbocycles. The molecule has 0 N–H and O–H groups in total. The number of hydrogen-bond donors (Lipinski definition) is 0. The van der Waals surface area contributed by atoms with E-state index in [2.05, 4.69) is 12.8 Å². The third-order valence-electron chi connectivity index (χ3n) is 2.17. The zero-order valence-corrected chi connectivity index (χ0v) is 6.06. The second-order valence-electron chi connectivity index (χ2n) is 3.14. The van der Waals surface area contributed by atoms with E-state index in [0.717, 1.165) is 5.92 Å². The van der Waals surface area contributed by atoms with Gasteiger partial charge in [-0.1, -0.05) is 19.8 Å². The summed E-state index contributed by atoms with van der Waals surface area (Å²) in [6, 6.07) is 0. The first-order valence-corrected chi connectivity index (χ1v) is 3.79. The molecule has 2 unspecified atom stereocenters. The highest BCUT2D eigenvalue weighted by atomic mass is 14.2. The van der Waals surface area contributed by atoms with E-state index in [9.17, 15) is 0 Å². The van der Waals surface area contributed by atoms with Crippen molar-refractivity contribution < 1.29 is 0 Å². The summed E-state index contributed by atoms with van der Waals surface area (Å²) in [6.45, 7) is 2.30. The summed E-state index contributed by atoms with van der Waals surface area (Å²) in [6.07, 6.45) is 10.6. The smallest absolute Gasteiger partial charge is 0.0202 e. The van der Waals surface area contributed by atoms with E-state index in [1.807, 2.05) is 0 Å². The molecule has 0 saturated heterocycles. The third-order valence-corrected chi connectivity index (χ3v) is 2.17. The van der Waals surface area contributed by atoms with Gasteiger partial charge in [0.25, 0.3) is 0 Å². The van der Waals surface area contributed by atoms with E-state index < -0.39 is 0 Å². The van der Waals surface area contributed by atoms with Gasteiger partial charge >= 0.3 is 0 Å². The van der Waals surface area contributed by atoms with Crippen molar-refractivity contribution in [3.8, 4) is 12.3 Å². The lowest BCUT2D eigenvalue weighted by Gasteiger charge is -2.22. The molecule has 9 heavy (non-hydrogen) atoms. The van der Waals surface area contributed by atoms with Crippen LogP contribution in [0.15, 0.2) is 0 Å². The first kappa shape index (κ1) is 6.68. The van der Waals surface area contributed by atoms with Gasteiger partial charge < -0.3 is 0 Å². The van der Waals surface area contributed by atoms with Crippen molar-refractivity contribution in [1.29, 1.82) is 0 Å². The molecule has 0 heteroatoms. The monoisotopic (exact) mass is 122 g/mol. The van der Waals surface area contributed by atoms with Crippen LogP contribution in [0.1, 0.15) is 32.6 Å². The quantitative estimate of drug-likeness (QED) is 0.433. The molecule has 1 fully saturated rings. The number of terminal acetylenes is 1. The minimum Gasteiger partial charge on any atom is -0.120 e. The van der Waals surface area contributed by atoms with E-state index >= 15 is 0 Å². The Morgan fingerprint density at radius 1 is 1.44 bits per heavy atom. The molecule has 0 amide bonds. The molecule has 2 atom stereocenters. The van der Waals surface area contributed by atoms with Gasteiger partial charge in [0, 0.05) is 5.92 Å². The summed E-state index contributed by atoms with van der Waals surface area (Å²) in [5.74, 6) is 4.30.